The number of sulfone groups is 1. The van der Waals surface area contributed by atoms with Crippen LogP contribution in [-0.4, -0.2) is 63.7 Å². The fourth-order valence-electron chi connectivity index (χ4n) is 2.71. The first-order chi connectivity index (χ1) is 11.2. The van der Waals surface area contributed by atoms with E-state index in [1.54, 1.807) is 13.8 Å². The van der Waals surface area contributed by atoms with Crippen LogP contribution in [0.1, 0.15) is 38.3 Å². The molecule has 0 radical (unpaired) electrons. The van der Waals surface area contributed by atoms with Crippen LogP contribution in [0.5, 0.6) is 0 Å². The van der Waals surface area contributed by atoms with Gasteiger partial charge in [0.25, 0.3) is 0 Å². The summed E-state index contributed by atoms with van der Waals surface area (Å²) < 4.78 is 25.6. The van der Waals surface area contributed by atoms with Gasteiger partial charge < -0.3 is 14.8 Å². The van der Waals surface area contributed by atoms with Crippen LogP contribution in [-0.2, 0) is 23.4 Å². The third kappa shape index (κ3) is 3.40. The van der Waals surface area contributed by atoms with Gasteiger partial charge in [-0.05, 0) is 33.6 Å². The Morgan fingerprint density at radius 3 is 2.62 bits per heavy atom. The average Bonchev–Trinajstić information content (AvgIpc) is 3.26. The summed E-state index contributed by atoms with van der Waals surface area (Å²) in [5, 5.41) is 11.6. The SMILES string of the molecule is Cc1nnc(CN=C(NC2CC2)N2CCS(=O)(=O)C(C)(C)C2)n1C. The summed E-state index contributed by atoms with van der Waals surface area (Å²) in [5.74, 6) is 2.59. The lowest BCUT2D eigenvalue weighted by atomic mass is 10.2. The maximum atomic E-state index is 12.2. The van der Waals surface area contributed by atoms with Gasteiger partial charge in [0.15, 0.2) is 21.6 Å². The van der Waals surface area contributed by atoms with Crippen LogP contribution in [0.2, 0.25) is 0 Å². The molecule has 24 heavy (non-hydrogen) atoms. The Labute approximate surface area is 143 Å². The molecule has 1 aliphatic carbocycles. The average molecular weight is 354 g/mol. The first-order valence-corrected chi connectivity index (χ1v) is 9.98. The number of rotatable bonds is 3. The van der Waals surface area contributed by atoms with Gasteiger partial charge in [-0.25, -0.2) is 13.4 Å². The molecule has 1 saturated heterocycles. The van der Waals surface area contributed by atoms with Crippen molar-refractivity contribution in [1.29, 1.82) is 0 Å². The Hall–Kier alpha value is -1.64. The van der Waals surface area contributed by atoms with Gasteiger partial charge in [-0.2, -0.15) is 0 Å². The van der Waals surface area contributed by atoms with Crippen molar-refractivity contribution in [2.24, 2.45) is 12.0 Å². The Morgan fingerprint density at radius 2 is 2.08 bits per heavy atom. The summed E-state index contributed by atoms with van der Waals surface area (Å²) in [6.07, 6.45) is 2.27. The Morgan fingerprint density at radius 1 is 1.38 bits per heavy atom. The number of hydrogen-bond donors (Lipinski definition) is 1. The molecule has 0 atom stereocenters. The highest BCUT2D eigenvalue weighted by molar-refractivity contribution is 7.92. The Balaban J connectivity index is 1.79. The first kappa shape index (κ1) is 17.2. The van der Waals surface area contributed by atoms with Crippen molar-refractivity contribution in [3.05, 3.63) is 11.6 Å². The van der Waals surface area contributed by atoms with Crippen LogP contribution < -0.4 is 5.32 Å². The normalized spacial score (nSPS) is 23.3. The van der Waals surface area contributed by atoms with Crippen molar-refractivity contribution in [2.45, 2.75) is 50.9 Å². The second-order valence-corrected chi connectivity index (χ2v) is 10.0. The molecular formula is C15H26N6O2S. The molecule has 8 nitrogen and oxygen atoms in total. The molecule has 0 spiro atoms. The van der Waals surface area contributed by atoms with Gasteiger partial charge in [-0.1, -0.05) is 0 Å². The lowest BCUT2D eigenvalue weighted by molar-refractivity contribution is 0.352. The van der Waals surface area contributed by atoms with E-state index >= 15 is 0 Å². The van der Waals surface area contributed by atoms with Gasteiger partial charge in [0.05, 0.1) is 10.5 Å². The summed E-state index contributed by atoms with van der Waals surface area (Å²) in [4.78, 5) is 6.76. The minimum Gasteiger partial charge on any atom is -0.353 e. The van der Waals surface area contributed by atoms with Gasteiger partial charge in [-0.15, -0.1) is 10.2 Å². The largest absolute Gasteiger partial charge is 0.353 e. The molecule has 0 bridgehead atoms. The summed E-state index contributed by atoms with van der Waals surface area (Å²) in [7, 11) is -1.14. The van der Waals surface area contributed by atoms with E-state index in [4.69, 9.17) is 4.99 Å². The van der Waals surface area contributed by atoms with E-state index in [1.807, 2.05) is 18.5 Å². The highest BCUT2D eigenvalue weighted by Gasteiger charge is 2.41. The van der Waals surface area contributed by atoms with Crippen LogP contribution in [0, 0.1) is 6.92 Å². The monoisotopic (exact) mass is 354 g/mol. The molecule has 0 aromatic carbocycles. The van der Waals surface area contributed by atoms with Crippen LogP contribution in [0.4, 0.5) is 0 Å². The summed E-state index contributed by atoms with van der Waals surface area (Å²) in [6, 6.07) is 0.451. The number of guanidine groups is 1. The van der Waals surface area contributed by atoms with Gasteiger partial charge >= 0.3 is 0 Å². The third-order valence-corrected chi connectivity index (χ3v) is 7.34. The fourth-order valence-corrected chi connectivity index (χ4v) is 4.07. The molecule has 1 aromatic rings. The maximum Gasteiger partial charge on any atom is 0.194 e. The minimum atomic E-state index is -3.06. The molecule has 2 fully saturated rings. The zero-order valence-corrected chi connectivity index (χ0v) is 15.6. The van der Waals surface area contributed by atoms with E-state index in [9.17, 15) is 8.42 Å². The zero-order valence-electron chi connectivity index (χ0n) is 14.8. The van der Waals surface area contributed by atoms with E-state index in [0.29, 0.717) is 25.7 Å². The third-order valence-electron chi connectivity index (χ3n) is 4.81. The van der Waals surface area contributed by atoms with Crippen molar-refractivity contribution in [1.82, 2.24) is 25.0 Å². The van der Waals surface area contributed by atoms with Crippen molar-refractivity contribution in [3.63, 3.8) is 0 Å². The minimum absolute atomic E-state index is 0.161. The van der Waals surface area contributed by atoms with Crippen molar-refractivity contribution >= 4 is 15.8 Å². The number of aliphatic imine (C=N–C) groups is 1. The van der Waals surface area contributed by atoms with Crippen LogP contribution >= 0.6 is 0 Å². The second-order valence-electron chi connectivity index (χ2n) is 7.28. The van der Waals surface area contributed by atoms with Gasteiger partial charge in [0.1, 0.15) is 12.4 Å². The number of hydrogen-bond acceptors (Lipinski definition) is 5. The molecule has 0 amide bonds. The number of aryl methyl sites for hydroxylation is 1. The van der Waals surface area contributed by atoms with Crippen LogP contribution in [0.3, 0.4) is 0 Å². The van der Waals surface area contributed by atoms with E-state index in [-0.39, 0.29) is 5.75 Å². The van der Waals surface area contributed by atoms with Gasteiger partial charge in [0, 0.05) is 26.2 Å². The number of nitrogens with zero attached hydrogens (tertiary/aromatic N) is 5. The summed E-state index contributed by atoms with van der Waals surface area (Å²) >= 11 is 0. The molecule has 1 aromatic heterocycles. The van der Waals surface area contributed by atoms with Crippen molar-refractivity contribution in [3.8, 4) is 0 Å². The molecular weight excluding hydrogens is 328 g/mol. The molecule has 9 heteroatoms. The predicted molar refractivity (Wildman–Crippen MR) is 92.5 cm³/mol. The lowest BCUT2D eigenvalue weighted by Gasteiger charge is -2.39. The quantitative estimate of drug-likeness (QED) is 0.617. The first-order valence-electron chi connectivity index (χ1n) is 8.33. The van der Waals surface area contributed by atoms with Gasteiger partial charge in [0.2, 0.25) is 0 Å². The van der Waals surface area contributed by atoms with E-state index in [2.05, 4.69) is 20.4 Å². The fraction of sp³-hybridized carbons (Fsp3) is 0.800. The lowest BCUT2D eigenvalue weighted by Crippen LogP contribution is -2.57. The maximum absolute atomic E-state index is 12.2. The second kappa shape index (κ2) is 6.02. The zero-order chi connectivity index (χ0) is 17.5. The topological polar surface area (TPSA) is 92.5 Å². The molecule has 2 aliphatic rings. The van der Waals surface area contributed by atoms with E-state index in [1.165, 1.54) is 0 Å². The Kier molecular flexibility index (Phi) is 4.31. The molecule has 1 aliphatic heterocycles. The summed E-state index contributed by atoms with van der Waals surface area (Å²) in [5.41, 5.74) is 0. The van der Waals surface area contributed by atoms with E-state index < -0.39 is 14.6 Å². The van der Waals surface area contributed by atoms with Gasteiger partial charge in [-0.3, -0.25) is 0 Å². The molecule has 1 N–H and O–H groups in total. The Bertz CT molecular complexity index is 748. The molecule has 2 heterocycles. The van der Waals surface area contributed by atoms with Crippen molar-refractivity contribution < 1.29 is 8.42 Å². The predicted octanol–water partition coefficient (Wildman–Crippen LogP) is 0.241. The smallest absolute Gasteiger partial charge is 0.194 e. The van der Waals surface area contributed by atoms with Crippen LogP contribution in [0.15, 0.2) is 4.99 Å². The molecule has 1 saturated carbocycles. The molecule has 3 rings (SSSR count). The van der Waals surface area contributed by atoms with Crippen molar-refractivity contribution in [2.75, 3.05) is 18.8 Å². The molecule has 0 unspecified atom stereocenters. The standard InChI is InChI=1S/C15H26N6O2S/c1-11-18-19-13(20(11)4)9-16-14(17-12-5-6-12)21-7-8-24(22,23)15(2,3)10-21/h12H,5-10H2,1-4H3,(H,16,17). The summed E-state index contributed by atoms with van der Waals surface area (Å²) in [6.45, 7) is 6.83. The molecule has 134 valence electrons. The number of nitrogens with one attached hydrogen (secondary N) is 1. The van der Waals surface area contributed by atoms with E-state index in [0.717, 1.165) is 30.5 Å². The highest BCUT2D eigenvalue weighted by atomic mass is 32.2. The number of aromatic nitrogens is 3. The van der Waals surface area contributed by atoms with Crippen LogP contribution in [0.25, 0.3) is 0 Å². The highest BCUT2D eigenvalue weighted by Crippen LogP contribution is 2.25.